The van der Waals surface area contributed by atoms with Gasteiger partial charge in [0.05, 0.1) is 35.0 Å². The highest BCUT2D eigenvalue weighted by atomic mass is 19.1. The molecule has 0 aliphatic carbocycles. The van der Waals surface area contributed by atoms with Gasteiger partial charge in [0.15, 0.2) is 5.76 Å². The topological polar surface area (TPSA) is 108 Å². The maximum Gasteiger partial charge on any atom is 0.241 e. The Bertz CT molecular complexity index is 1430. The largest absolute Gasteiger partial charge is 0.436 e. The molecule has 0 unspecified atom stereocenters. The molecule has 6 rings (SSSR count). The summed E-state index contributed by atoms with van der Waals surface area (Å²) in [5.41, 5.74) is 4.33. The lowest BCUT2D eigenvalue weighted by molar-refractivity contribution is -0.117. The van der Waals surface area contributed by atoms with E-state index in [9.17, 15) is 9.18 Å². The maximum absolute atomic E-state index is 14.7. The molecule has 4 N–H and O–H groups in total. The van der Waals surface area contributed by atoms with Crippen LogP contribution in [0.5, 0.6) is 0 Å². The van der Waals surface area contributed by atoms with Crippen molar-refractivity contribution < 1.29 is 13.6 Å². The van der Waals surface area contributed by atoms with Crippen LogP contribution in [0.15, 0.2) is 59.2 Å². The molecule has 178 valence electrons. The summed E-state index contributed by atoms with van der Waals surface area (Å²) in [5.74, 6) is 0.946. The number of hydrogen-bond acceptors (Lipinski definition) is 6. The van der Waals surface area contributed by atoms with E-state index < -0.39 is 5.82 Å². The minimum Gasteiger partial charge on any atom is -0.436 e. The van der Waals surface area contributed by atoms with Crippen LogP contribution >= 0.6 is 0 Å². The molecular formula is C26H25FN6O2. The number of rotatable bonds is 5. The van der Waals surface area contributed by atoms with E-state index in [0.29, 0.717) is 17.2 Å². The molecule has 8 nitrogen and oxygen atoms in total. The number of amides is 1. The lowest BCUT2D eigenvalue weighted by atomic mass is 10.1. The molecular weight excluding hydrogens is 447 g/mol. The molecule has 35 heavy (non-hydrogen) atoms. The Kier molecular flexibility index (Phi) is 5.43. The van der Waals surface area contributed by atoms with Gasteiger partial charge in [-0.3, -0.25) is 4.79 Å². The van der Waals surface area contributed by atoms with Crippen molar-refractivity contribution in [2.45, 2.75) is 31.3 Å². The zero-order valence-corrected chi connectivity index (χ0v) is 19.0. The van der Waals surface area contributed by atoms with Gasteiger partial charge in [0.1, 0.15) is 11.6 Å². The highest BCUT2D eigenvalue weighted by Gasteiger charge is 2.24. The molecule has 2 aliphatic rings. The van der Waals surface area contributed by atoms with E-state index in [1.165, 1.54) is 12.1 Å². The van der Waals surface area contributed by atoms with Gasteiger partial charge in [-0.25, -0.2) is 14.4 Å². The van der Waals surface area contributed by atoms with E-state index in [4.69, 9.17) is 9.40 Å². The number of nitrogens with one attached hydrogen (secondary N) is 4. The second-order valence-corrected chi connectivity index (χ2v) is 9.01. The van der Waals surface area contributed by atoms with Gasteiger partial charge in [-0.15, -0.1) is 0 Å². The first-order valence-electron chi connectivity index (χ1n) is 11.8. The van der Waals surface area contributed by atoms with Crippen molar-refractivity contribution in [3.63, 3.8) is 0 Å². The van der Waals surface area contributed by atoms with E-state index >= 15 is 0 Å². The zero-order valence-electron chi connectivity index (χ0n) is 19.0. The molecule has 0 spiro atoms. The summed E-state index contributed by atoms with van der Waals surface area (Å²) in [7, 11) is 0. The van der Waals surface area contributed by atoms with Crippen LogP contribution in [0.1, 0.15) is 31.1 Å². The highest BCUT2D eigenvalue weighted by Crippen LogP contribution is 2.31. The average molecular weight is 473 g/mol. The van der Waals surface area contributed by atoms with E-state index in [2.05, 4.69) is 32.5 Å². The number of carbonyl (C=O) groups excluding carboxylic acids is 1. The van der Waals surface area contributed by atoms with Crippen molar-refractivity contribution in [1.82, 2.24) is 25.6 Å². The van der Waals surface area contributed by atoms with E-state index in [0.717, 1.165) is 60.3 Å². The first-order chi connectivity index (χ1) is 17.0. The third-order valence-corrected chi connectivity index (χ3v) is 6.62. The summed E-state index contributed by atoms with van der Waals surface area (Å²) < 4.78 is 20.7. The number of H-pyrrole nitrogens is 1. The highest BCUT2D eigenvalue weighted by molar-refractivity contribution is 5.95. The summed E-state index contributed by atoms with van der Waals surface area (Å²) >= 11 is 0. The molecule has 2 aromatic carbocycles. The number of benzene rings is 2. The van der Waals surface area contributed by atoms with Gasteiger partial charge in [0.25, 0.3) is 0 Å². The fourth-order valence-corrected chi connectivity index (χ4v) is 4.69. The van der Waals surface area contributed by atoms with Crippen molar-refractivity contribution in [3.05, 3.63) is 66.4 Å². The normalized spacial score (nSPS) is 20.1. The minimum atomic E-state index is -0.540. The summed E-state index contributed by atoms with van der Waals surface area (Å²) in [6.07, 6.45) is 4.25. The van der Waals surface area contributed by atoms with Crippen LogP contribution in [0.2, 0.25) is 0 Å². The fraction of sp³-hybridized carbons (Fsp3) is 0.269. The van der Waals surface area contributed by atoms with Gasteiger partial charge >= 0.3 is 0 Å². The second-order valence-electron chi connectivity index (χ2n) is 9.01. The second kappa shape index (κ2) is 8.75. The molecule has 2 atom stereocenters. The van der Waals surface area contributed by atoms with Gasteiger partial charge < -0.3 is 25.4 Å². The maximum atomic E-state index is 14.7. The number of carbonyl (C=O) groups is 1. The molecule has 1 amide bonds. The number of hydrogen-bond donors (Lipinski definition) is 4. The van der Waals surface area contributed by atoms with Crippen molar-refractivity contribution in [2.24, 2.45) is 0 Å². The molecule has 0 bridgehead atoms. The van der Waals surface area contributed by atoms with Crippen LogP contribution in [-0.2, 0) is 4.79 Å². The predicted molar refractivity (Wildman–Crippen MR) is 131 cm³/mol. The van der Waals surface area contributed by atoms with Crippen molar-refractivity contribution in [1.29, 1.82) is 0 Å². The first-order valence-corrected chi connectivity index (χ1v) is 11.8. The Hall–Kier alpha value is -3.82. The number of aromatic amines is 1. The van der Waals surface area contributed by atoms with Crippen molar-refractivity contribution >= 4 is 22.6 Å². The lowest BCUT2D eigenvalue weighted by Gasteiger charge is -2.12. The van der Waals surface area contributed by atoms with Gasteiger partial charge in [0, 0.05) is 11.1 Å². The third-order valence-electron chi connectivity index (χ3n) is 6.62. The minimum absolute atomic E-state index is 0.0415. The molecule has 2 fully saturated rings. The summed E-state index contributed by atoms with van der Waals surface area (Å²) in [6, 6.07) is 10.1. The molecule has 4 heterocycles. The van der Waals surface area contributed by atoms with Gasteiger partial charge in [-0.1, -0.05) is 12.2 Å². The number of fused-ring (bicyclic) bond motifs is 1. The number of nitrogens with zero attached hydrogens (tertiary/aromatic N) is 2. The number of oxazole rings is 1. The number of aromatic nitrogens is 3. The Morgan fingerprint density at radius 2 is 2.03 bits per heavy atom. The van der Waals surface area contributed by atoms with Crippen LogP contribution < -0.4 is 16.0 Å². The number of halogens is 1. The van der Waals surface area contributed by atoms with Gasteiger partial charge in [-0.2, -0.15) is 0 Å². The van der Waals surface area contributed by atoms with Crippen molar-refractivity contribution in [2.75, 3.05) is 18.4 Å². The Balaban J connectivity index is 1.22. The quantitative estimate of drug-likeness (QED) is 0.323. The number of anilines is 1. The van der Waals surface area contributed by atoms with Crippen molar-refractivity contribution in [3.8, 4) is 22.8 Å². The smallest absolute Gasteiger partial charge is 0.241 e. The first kappa shape index (κ1) is 21.7. The van der Waals surface area contributed by atoms with E-state index in [1.807, 2.05) is 18.2 Å². The molecule has 9 heteroatoms. The molecule has 0 saturated carbocycles. The van der Waals surface area contributed by atoms with E-state index in [-0.39, 0.29) is 23.7 Å². The Labute approximate surface area is 201 Å². The zero-order chi connectivity index (χ0) is 23.9. The molecule has 2 aliphatic heterocycles. The molecule has 0 radical (unpaired) electrons. The van der Waals surface area contributed by atoms with Crippen LogP contribution in [0.4, 0.5) is 10.1 Å². The number of imidazole rings is 1. The van der Waals surface area contributed by atoms with Gasteiger partial charge in [0.2, 0.25) is 11.8 Å². The van der Waals surface area contributed by atoms with E-state index in [1.54, 1.807) is 12.3 Å². The molecule has 4 aromatic rings. The van der Waals surface area contributed by atoms with Crippen LogP contribution in [0.25, 0.3) is 33.8 Å². The summed E-state index contributed by atoms with van der Waals surface area (Å²) in [5, 5.41) is 9.17. The van der Waals surface area contributed by atoms with Crippen LogP contribution in [-0.4, -0.2) is 40.0 Å². The SMILES string of the molecule is C=C1CCN[C@@H]1c1nc2ccc(-c3cnc(-c4ccc(NC(=O)[C@@H]5CCCN5)c(F)c4)o3)cc2[nH]1. The predicted octanol–water partition coefficient (Wildman–Crippen LogP) is 4.31. The lowest BCUT2D eigenvalue weighted by Crippen LogP contribution is -2.35. The standard InChI is InChI=1S/C26H25FN6O2/c1-14-8-10-29-23(14)24-31-19-7-4-15(12-21(19)32-24)22-13-30-26(35-22)16-5-6-18(17(27)11-16)33-25(34)20-3-2-9-28-20/h4-7,11-13,20,23,28-29H,1-3,8-10H2,(H,31,32)(H,33,34)/t20-,23-/m0/s1. The van der Waals surface area contributed by atoms with Crippen LogP contribution in [0, 0.1) is 5.82 Å². The van der Waals surface area contributed by atoms with Gasteiger partial charge in [-0.05, 0) is 68.8 Å². The molecule has 2 saturated heterocycles. The summed E-state index contributed by atoms with van der Waals surface area (Å²) in [4.78, 5) is 24.7. The Morgan fingerprint density at radius 1 is 1.14 bits per heavy atom. The Morgan fingerprint density at radius 3 is 2.80 bits per heavy atom. The average Bonchev–Trinajstić information content (AvgIpc) is 3.66. The summed E-state index contributed by atoms with van der Waals surface area (Å²) in [6.45, 7) is 5.83. The molecule has 2 aromatic heterocycles. The third kappa shape index (κ3) is 4.13. The monoisotopic (exact) mass is 472 g/mol. The fourth-order valence-electron chi connectivity index (χ4n) is 4.69. The van der Waals surface area contributed by atoms with Crippen LogP contribution in [0.3, 0.4) is 0 Å².